The van der Waals surface area contributed by atoms with E-state index in [2.05, 4.69) is 5.32 Å². The minimum absolute atomic E-state index is 0.955. The van der Waals surface area contributed by atoms with Crippen LogP contribution in [0.2, 0.25) is 0 Å². The fraction of sp³-hybridized carbons (Fsp3) is 0.333. The minimum Gasteiger partial charge on any atom is -0.471 e. The van der Waals surface area contributed by atoms with Gasteiger partial charge in [-0.3, -0.25) is 0 Å². The summed E-state index contributed by atoms with van der Waals surface area (Å²) < 4.78 is 4.87. The van der Waals surface area contributed by atoms with E-state index in [9.17, 15) is 0 Å². The van der Waals surface area contributed by atoms with Gasteiger partial charge in [-0.15, -0.1) is 0 Å². The van der Waals surface area contributed by atoms with Gasteiger partial charge in [0, 0.05) is 13.5 Å². The summed E-state index contributed by atoms with van der Waals surface area (Å²) in [4.78, 5) is 0. The second kappa shape index (κ2) is 2.40. The number of ether oxygens (including phenoxy) is 1. The van der Waals surface area contributed by atoms with Gasteiger partial charge in [-0.1, -0.05) is 0 Å². The van der Waals surface area contributed by atoms with Crippen molar-refractivity contribution in [1.82, 2.24) is 5.32 Å². The smallest absolute Gasteiger partial charge is 0.109 e. The molecule has 8 heavy (non-hydrogen) atoms. The van der Waals surface area contributed by atoms with E-state index < -0.39 is 0 Å². The molecular weight excluding hydrogens is 102 g/mol. The minimum atomic E-state index is 0.955. The van der Waals surface area contributed by atoms with Crippen LogP contribution in [0.5, 0.6) is 0 Å². The molecule has 0 aliphatic carbocycles. The van der Waals surface area contributed by atoms with Gasteiger partial charge in [0.05, 0.1) is 12.0 Å². The molecule has 0 atom stereocenters. The lowest BCUT2D eigenvalue weighted by molar-refractivity contribution is 0.383. The Morgan fingerprint density at radius 1 is 1.75 bits per heavy atom. The molecule has 0 fully saturated rings. The van der Waals surface area contributed by atoms with Crippen LogP contribution in [0.25, 0.3) is 0 Å². The fourth-order valence-corrected chi connectivity index (χ4v) is 0.561. The van der Waals surface area contributed by atoms with E-state index in [1.54, 1.807) is 12.5 Å². The summed E-state index contributed by atoms with van der Waals surface area (Å²) in [6.45, 7) is 0. The van der Waals surface area contributed by atoms with E-state index in [1.807, 2.05) is 13.1 Å². The molecule has 0 radical (unpaired) electrons. The Hall–Kier alpha value is -0.920. The average Bonchev–Trinajstić information content (AvgIpc) is 1.90. The molecular formula is C6H9NO. The van der Waals surface area contributed by atoms with Crippen LogP contribution in [0, 0.1) is 0 Å². The first-order valence-electron chi connectivity index (χ1n) is 2.61. The van der Waals surface area contributed by atoms with Gasteiger partial charge < -0.3 is 10.1 Å². The molecule has 0 saturated heterocycles. The fourth-order valence-electron chi connectivity index (χ4n) is 0.561. The topological polar surface area (TPSA) is 21.3 Å². The highest BCUT2D eigenvalue weighted by Gasteiger charge is 1.92. The molecule has 2 heteroatoms. The Morgan fingerprint density at radius 2 is 2.62 bits per heavy atom. The first-order valence-corrected chi connectivity index (χ1v) is 2.61. The summed E-state index contributed by atoms with van der Waals surface area (Å²) in [6.07, 6.45) is 6.31. The molecule has 0 spiro atoms. The van der Waals surface area contributed by atoms with Crippen molar-refractivity contribution in [3.63, 3.8) is 0 Å². The molecule has 1 rings (SSSR count). The maximum absolute atomic E-state index is 4.87. The number of hydrogen-bond acceptors (Lipinski definition) is 2. The van der Waals surface area contributed by atoms with Crippen molar-refractivity contribution in [3.8, 4) is 0 Å². The van der Waals surface area contributed by atoms with Crippen LogP contribution in [0.1, 0.15) is 6.42 Å². The molecule has 0 aromatic carbocycles. The van der Waals surface area contributed by atoms with Crippen molar-refractivity contribution < 1.29 is 4.74 Å². The third-order valence-electron chi connectivity index (χ3n) is 1.04. The van der Waals surface area contributed by atoms with Gasteiger partial charge in [0.2, 0.25) is 0 Å². The molecule has 1 aliphatic rings. The molecule has 1 aliphatic heterocycles. The highest BCUT2D eigenvalue weighted by molar-refractivity contribution is 5.04. The number of rotatable bonds is 1. The second-order valence-electron chi connectivity index (χ2n) is 1.61. The summed E-state index contributed by atoms with van der Waals surface area (Å²) in [5.74, 6) is 0. The molecule has 1 N–H and O–H groups in total. The van der Waals surface area contributed by atoms with Crippen molar-refractivity contribution in [2.24, 2.45) is 0 Å². The number of hydrogen-bond donors (Lipinski definition) is 1. The van der Waals surface area contributed by atoms with E-state index in [0.717, 1.165) is 12.1 Å². The first kappa shape index (κ1) is 5.22. The predicted molar refractivity (Wildman–Crippen MR) is 32.0 cm³/mol. The zero-order valence-corrected chi connectivity index (χ0v) is 4.85. The normalized spacial score (nSPS) is 16.9. The Morgan fingerprint density at radius 3 is 3.00 bits per heavy atom. The summed E-state index contributed by atoms with van der Waals surface area (Å²) >= 11 is 0. The Kier molecular flexibility index (Phi) is 1.57. The van der Waals surface area contributed by atoms with E-state index in [1.165, 1.54) is 0 Å². The summed E-state index contributed by atoms with van der Waals surface area (Å²) in [7, 11) is 1.88. The van der Waals surface area contributed by atoms with Crippen LogP contribution < -0.4 is 5.32 Å². The van der Waals surface area contributed by atoms with E-state index in [4.69, 9.17) is 4.74 Å². The first-order chi connectivity index (χ1) is 3.93. The van der Waals surface area contributed by atoms with Crippen molar-refractivity contribution in [3.05, 3.63) is 24.3 Å². The molecule has 0 saturated carbocycles. The van der Waals surface area contributed by atoms with E-state index >= 15 is 0 Å². The molecule has 2 nitrogen and oxygen atoms in total. The molecule has 0 unspecified atom stereocenters. The van der Waals surface area contributed by atoms with Crippen molar-refractivity contribution in [2.75, 3.05) is 7.05 Å². The largest absolute Gasteiger partial charge is 0.471 e. The molecule has 0 amide bonds. The predicted octanol–water partition coefficient (Wildman–Crippen LogP) is 0.981. The number of allylic oxidation sites excluding steroid dienone is 1. The lowest BCUT2D eigenvalue weighted by Crippen LogP contribution is -2.06. The van der Waals surface area contributed by atoms with Crippen LogP contribution in [0.3, 0.4) is 0 Å². The van der Waals surface area contributed by atoms with Crippen molar-refractivity contribution >= 4 is 0 Å². The van der Waals surface area contributed by atoms with Gasteiger partial charge in [-0.2, -0.15) is 0 Å². The standard InChI is InChI=1S/C6H9NO/c1-7-6-3-2-4-8-5-6/h2,4-5,7H,3H2,1H3. The summed E-state index contributed by atoms with van der Waals surface area (Å²) in [6, 6.07) is 0. The monoisotopic (exact) mass is 111 g/mol. The average molecular weight is 111 g/mol. The van der Waals surface area contributed by atoms with Gasteiger partial charge in [0.25, 0.3) is 0 Å². The second-order valence-corrected chi connectivity index (χ2v) is 1.61. The van der Waals surface area contributed by atoms with Crippen LogP contribution >= 0.6 is 0 Å². The maximum Gasteiger partial charge on any atom is 0.109 e. The highest BCUT2D eigenvalue weighted by atomic mass is 16.5. The quantitative estimate of drug-likeness (QED) is 0.544. The van der Waals surface area contributed by atoms with Crippen LogP contribution in [-0.2, 0) is 4.74 Å². The van der Waals surface area contributed by atoms with Gasteiger partial charge in [-0.25, -0.2) is 0 Å². The molecule has 1 heterocycles. The van der Waals surface area contributed by atoms with Crippen molar-refractivity contribution in [1.29, 1.82) is 0 Å². The molecule has 0 aromatic rings. The van der Waals surface area contributed by atoms with Crippen LogP contribution in [-0.4, -0.2) is 7.05 Å². The highest BCUT2D eigenvalue weighted by Crippen LogP contribution is 2.03. The van der Waals surface area contributed by atoms with Crippen molar-refractivity contribution in [2.45, 2.75) is 6.42 Å². The van der Waals surface area contributed by atoms with Gasteiger partial charge in [-0.05, 0) is 6.08 Å². The SMILES string of the molecule is CNC1=COC=CC1. The Labute approximate surface area is 48.8 Å². The zero-order valence-electron chi connectivity index (χ0n) is 4.85. The van der Waals surface area contributed by atoms with Gasteiger partial charge in [0.15, 0.2) is 0 Å². The zero-order chi connectivity index (χ0) is 5.82. The van der Waals surface area contributed by atoms with E-state index in [0.29, 0.717) is 0 Å². The summed E-state index contributed by atoms with van der Waals surface area (Å²) in [5, 5.41) is 2.99. The number of nitrogens with one attached hydrogen (secondary N) is 1. The maximum atomic E-state index is 4.87. The van der Waals surface area contributed by atoms with Gasteiger partial charge in [0.1, 0.15) is 6.26 Å². The lowest BCUT2D eigenvalue weighted by Gasteiger charge is -2.05. The molecule has 44 valence electrons. The van der Waals surface area contributed by atoms with Gasteiger partial charge >= 0.3 is 0 Å². The molecule has 0 aromatic heterocycles. The third kappa shape index (κ3) is 1.03. The lowest BCUT2D eigenvalue weighted by atomic mass is 10.3. The molecule has 0 bridgehead atoms. The van der Waals surface area contributed by atoms with E-state index in [-0.39, 0.29) is 0 Å². The van der Waals surface area contributed by atoms with Crippen LogP contribution in [0.4, 0.5) is 0 Å². The Balaban J connectivity index is 2.43. The Bertz CT molecular complexity index is 126. The summed E-state index contributed by atoms with van der Waals surface area (Å²) in [5.41, 5.74) is 1.12. The van der Waals surface area contributed by atoms with Crippen LogP contribution in [0.15, 0.2) is 24.3 Å². The third-order valence-corrected chi connectivity index (χ3v) is 1.04.